The van der Waals surface area contributed by atoms with E-state index in [1.807, 2.05) is 0 Å². The van der Waals surface area contributed by atoms with Crippen molar-refractivity contribution < 1.29 is 24.5 Å². The van der Waals surface area contributed by atoms with Crippen LogP contribution in [0.1, 0.15) is 495 Å². The number of amides is 1. The van der Waals surface area contributed by atoms with Crippen LogP contribution in [0.5, 0.6) is 0 Å². The Morgan fingerprint density at radius 3 is 0.780 bits per heavy atom. The van der Waals surface area contributed by atoms with Gasteiger partial charge in [-0.3, -0.25) is 9.59 Å². The van der Waals surface area contributed by atoms with Crippen molar-refractivity contribution in [1.82, 2.24) is 5.32 Å². The Bertz CT molecular complexity index is 1380. The highest BCUT2D eigenvalue weighted by Gasteiger charge is 2.20. The maximum atomic E-state index is 12.6. The topological polar surface area (TPSA) is 95.9 Å². The van der Waals surface area contributed by atoms with Crippen LogP contribution in [-0.4, -0.2) is 47.4 Å². The summed E-state index contributed by atoms with van der Waals surface area (Å²) in [5.41, 5.74) is 0. The highest BCUT2D eigenvalue weighted by molar-refractivity contribution is 5.76. The van der Waals surface area contributed by atoms with Crippen LogP contribution in [0.3, 0.4) is 0 Å². The van der Waals surface area contributed by atoms with Crippen molar-refractivity contribution in [3.63, 3.8) is 0 Å². The zero-order valence-corrected chi connectivity index (χ0v) is 62.4. The Kier molecular flexibility index (Phi) is 79.8. The normalized spacial score (nSPS) is 12.4. The summed E-state index contributed by atoms with van der Waals surface area (Å²) in [5.74, 6) is -0.00570. The van der Waals surface area contributed by atoms with Crippen LogP contribution >= 0.6 is 0 Å². The molecule has 6 heteroatoms. The molecule has 0 aromatic heterocycles. The van der Waals surface area contributed by atoms with Gasteiger partial charge in [0.1, 0.15) is 0 Å². The molecule has 0 rings (SSSR count). The SMILES string of the molecule is CCCCCCCC/C=C\CCCCCCCC(=O)OCCCCCCCCCCCCCCCCCCCCCCCCCCCCCCCCCCCCCCCCCC(=O)NC(CO)C(O)CCCCCCCCCCCCCCCCCCCCCC. The lowest BCUT2D eigenvalue weighted by Gasteiger charge is -2.22. The summed E-state index contributed by atoms with van der Waals surface area (Å²) in [5, 5.41) is 23.5. The third-order valence-electron chi connectivity index (χ3n) is 20.3. The van der Waals surface area contributed by atoms with Crippen LogP contribution in [0.25, 0.3) is 0 Å². The van der Waals surface area contributed by atoms with Gasteiger partial charge >= 0.3 is 5.97 Å². The molecule has 542 valence electrons. The van der Waals surface area contributed by atoms with E-state index in [9.17, 15) is 19.8 Å². The first-order chi connectivity index (χ1) is 45.0. The van der Waals surface area contributed by atoms with Gasteiger partial charge in [0.25, 0.3) is 0 Å². The second kappa shape index (κ2) is 81.0. The zero-order chi connectivity index (χ0) is 65.6. The third kappa shape index (κ3) is 77.5. The molecule has 2 atom stereocenters. The molecule has 3 N–H and O–H groups in total. The van der Waals surface area contributed by atoms with Crippen LogP contribution in [0.15, 0.2) is 12.2 Å². The average molecular weight is 1280 g/mol. The Balaban J connectivity index is 3.29. The fourth-order valence-electron chi connectivity index (χ4n) is 13.9. The van der Waals surface area contributed by atoms with Crippen LogP contribution in [-0.2, 0) is 14.3 Å². The van der Waals surface area contributed by atoms with Crippen molar-refractivity contribution in [2.24, 2.45) is 0 Å². The first-order valence-corrected chi connectivity index (χ1v) is 42.4. The Hall–Kier alpha value is -1.40. The molecule has 0 aromatic carbocycles. The van der Waals surface area contributed by atoms with E-state index >= 15 is 0 Å². The van der Waals surface area contributed by atoms with E-state index < -0.39 is 12.1 Å². The monoisotopic (exact) mass is 1280 g/mol. The highest BCUT2D eigenvalue weighted by atomic mass is 16.5. The number of hydrogen-bond acceptors (Lipinski definition) is 5. The predicted octanol–water partition coefficient (Wildman–Crippen LogP) is 28.2. The van der Waals surface area contributed by atoms with Crippen LogP contribution in [0, 0.1) is 0 Å². The smallest absolute Gasteiger partial charge is 0.305 e. The van der Waals surface area contributed by atoms with Gasteiger partial charge in [-0.1, -0.05) is 443 Å². The van der Waals surface area contributed by atoms with Gasteiger partial charge in [0.2, 0.25) is 5.91 Å². The Labute approximate surface area is 571 Å². The molecule has 1 amide bonds. The number of nitrogens with one attached hydrogen (secondary N) is 1. The van der Waals surface area contributed by atoms with Crippen molar-refractivity contribution in [3.8, 4) is 0 Å². The molecular weight excluding hydrogens is 1110 g/mol. The summed E-state index contributed by atoms with van der Waals surface area (Å²) in [4.78, 5) is 24.7. The minimum atomic E-state index is -0.660. The summed E-state index contributed by atoms with van der Waals surface area (Å²) in [6, 6.07) is -0.537. The van der Waals surface area contributed by atoms with Crippen molar-refractivity contribution in [2.75, 3.05) is 13.2 Å². The number of carbonyl (C=O) groups is 2. The number of unbranched alkanes of at least 4 members (excludes halogenated alkanes) is 68. The number of aliphatic hydroxyl groups excluding tert-OH is 2. The molecule has 91 heavy (non-hydrogen) atoms. The number of rotatable bonds is 81. The molecule has 0 saturated carbocycles. The van der Waals surface area contributed by atoms with Crippen LogP contribution in [0.4, 0.5) is 0 Å². The number of carbonyl (C=O) groups excluding carboxylic acids is 2. The van der Waals surface area contributed by atoms with Gasteiger partial charge in [0, 0.05) is 12.8 Å². The average Bonchev–Trinajstić information content (AvgIpc) is 3.74. The molecule has 0 heterocycles. The first kappa shape index (κ1) is 89.6. The standard InChI is InChI=1S/C85H167NO5/c1-3-5-7-9-11-13-15-17-19-20-21-43-46-50-53-57-61-65-69-73-77-83(88)82(81-87)86-84(89)78-74-70-66-62-58-54-51-47-44-41-39-37-35-33-31-29-27-25-23-22-24-26-28-30-32-34-36-38-40-42-45-48-52-56-60-64-68-72-76-80-91-85(90)79-75-71-67-63-59-55-49-18-16-14-12-10-8-6-4-2/h18,49,82-83,87-88H,3-17,19-48,50-81H2,1-2H3,(H,86,89)/b49-18-. The minimum absolute atomic E-state index is 0.0173. The number of hydrogen-bond donors (Lipinski definition) is 3. The number of aliphatic hydroxyl groups is 2. The molecule has 0 aromatic rings. The predicted molar refractivity (Wildman–Crippen MR) is 403 cm³/mol. The number of allylic oxidation sites excluding steroid dienone is 2. The van der Waals surface area contributed by atoms with E-state index in [0.29, 0.717) is 25.9 Å². The summed E-state index contributed by atoms with van der Waals surface area (Å²) in [6.07, 6.45) is 103. The fraction of sp³-hybridized carbons (Fsp3) is 0.953. The summed E-state index contributed by atoms with van der Waals surface area (Å²) >= 11 is 0. The molecular formula is C85H167NO5. The number of ether oxygens (including phenoxy) is 1. The van der Waals surface area contributed by atoms with E-state index in [-0.39, 0.29) is 18.5 Å². The molecule has 6 nitrogen and oxygen atoms in total. The molecule has 0 aliphatic carbocycles. The first-order valence-electron chi connectivity index (χ1n) is 42.4. The van der Waals surface area contributed by atoms with E-state index in [4.69, 9.17) is 4.74 Å². The third-order valence-corrected chi connectivity index (χ3v) is 20.3. The summed E-state index contributed by atoms with van der Waals surface area (Å²) in [6.45, 7) is 5.01. The fourth-order valence-corrected chi connectivity index (χ4v) is 13.9. The molecule has 0 aliphatic rings. The second-order valence-electron chi connectivity index (χ2n) is 29.5. The van der Waals surface area contributed by atoms with Gasteiger partial charge in [-0.25, -0.2) is 0 Å². The Morgan fingerprint density at radius 2 is 0.516 bits per heavy atom. The van der Waals surface area contributed by atoms with Gasteiger partial charge in [-0.15, -0.1) is 0 Å². The lowest BCUT2D eigenvalue weighted by molar-refractivity contribution is -0.143. The Morgan fingerprint density at radius 1 is 0.297 bits per heavy atom. The quantitative estimate of drug-likeness (QED) is 0.0320. The van der Waals surface area contributed by atoms with E-state index in [1.54, 1.807) is 0 Å². The lowest BCUT2D eigenvalue weighted by atomic mass is 10.0. The molecule has 0 bridgehead atoms. The van der Waals surface area contributed by atoms with Crippen molar-refractivity contribution in [1.29, 1.82) is 0 Å². The molecule has 0 radical (unpaired) electrons. The summed E-state index contributed by atoms with van der Waals surface area (Å²) in [7, 11) is 0. The second-order valence-corrected chi connectivity index (χ2v) is 29.5. The van der Waals surface area contributed by atoms with Crippen molar-refractivity contribution in [2.45, 2.75) is 508 Å². The van der Waals surface area contributed by atoms with E-state index in [1.165, 1.54) is 417 Å². The van der Waals surface area contributed by atoms with Crippen LogP contribution in [0.2, 0.25) is 0 Å². The van der Waals surface area contributed by atoms with Crippen molar-refractivity contribution in [3.05, 3.63) is 12.2 Å². The largest absolute Gasteiger partial charge is 0.466 e. The van der Waals surface area contributed by atoms with E-state index in [0.717, 1.165) is 44.9 Å². The molecule has 2 unspecified atom stereocenters. The van der Waals surface area contributed by atoms with Crippen LogP contribution < -0.4 is 5.32 Å². The summed E-state index contributed by atoms with van der Waals surface area (Å²) < 4.78 is 5.50. The molecule has 0 fully saturated rings. The lowest BCUT2D eigenvalue weighted by Crippen LogP contribution is -2.45. The number of esters is 1. The van der Waals surface area contributed by atoms with Gasteiger partial charge in [0.15, 0.2) is 0 Å². The zero-order valence-electron chi connectivity index (χ0n) is 62.4. The van der Waals surface area contributed by atoms with Gasteiger partial charge < -0.3 is 20.3 Å². The molecule has 0 saturated heterocycles. The molecule has 0 spiro atoms. The van der Waals surface area contributed by atoms with E-state index in [2.05, 4.69) is 31.3 Å². The highest BCUT2D eigenvalue weighted by Crippen LogP contribution is 2.21. The van der Waals surface area contributed by atoms with Gasteiger partial charge in [-0.05, 0) is 51.4 Å². The maximum absolute atomic E-state index is 12.6. The van der Waals surface area contributed by atoms with Gasteiger partial charge in [0.05, 0.1) is 25.4 Å². The van der Waals surface area contributed by atoms with Crippen molar-refractivity contribution >= 4 is 11.9 Å². The maximum Gasteiger partial charge on any atom is 0.305 e. The minimum Gasteiger partial charge on any atom is -0.466 e. The molecule has 0 aliphatic heterocycles. The van der Waals surface area contributed by atoms with Gasteiger partial charge in [-0.2, -0.15) is 0 Å².